The van der Waals surface area contributed by atoms with Crippen molar-refractivity contribution in [3.05, 3.63) is 0 Å². The topological polar surface area (TPSA) is 43.9 Å². The molecule has 2 saturated heterocycles. The quantitative estimate of drug-likeness (QED) is 0.761. The molecule has 1 atom stereocenters. The Kier molecular flexibility index (Phi) is 6.67. The lowest BCUT2D eigenvalue weighted by atomic mass is 9.94. The van der Waals surface area contributed by atoms with Crippen LogP contribution in [0, 0.1) is 11.8 Å². The van der Waals surface area contributed by atoms with Crippen molar-refractivity contribution >= 4 is 23.6 Å². The fraction of sp³-hybridized carbons (Fsp3) is 0.895. The van der Waals surface area contributed by atoms with Crippen LogP contribution in [0.15, 0.2) is 0 Å². The van der Waals surface area contributed by atoms with Crippen LogP contribution in [0.25, 0.3) is 0 Å². The van der Waals surface area contributed by atoms with Gasteiger partial charge < -0.3 is 9.80 Å². The molecule has 25 heavy (non-hydrogen) atoms. The van der Waals surface area contributed by atoms with Gasteiger partial charge in [0.1, 0.15) is 0 Å². The molecule has 3 rings (SSSR count). The van der Waals surface area contributed by atoms with Crippen molar-refractivity contribution < 1.29 is 9.59 Å². The Balaban J connectivity index is 1.65. The number of carbonyl (C=O) groups is 2. The molecule has 0 aromatic carbocycles. The Morgan fingerprint density at radius 2 is 1.40 bits per heavy atom. The number of carbonyl (C=O) groups excluding carboxylic acids is 2. The Morgan fingerprint density at radius 1 is 0.840 bits per heavy atom. The monoisotopic (exact) mass is 367 g/mol. The molecule has 0 aromatic rings. The normalized spacial score (nSPS) is 24.8. The van der Waals surface area contributed by atoms with E-state index in [0.29, 0.717) is 11.8 Å². The molecule has 2 aliphatic heterocycles. The fourth-order valence-electron chi connectivity index (χ4n) is 4.49. The van der Waals surface area contributed by atoms with Crippen LogP contribution in [0.2, 0.25) is 0 Å². The van der Waals surface area contributed by atoms with E-state index in [1.54, 1.807) is 0 Å². The second kappa shape index (κ2) is 8.76. The highest BCUT2D eigenvalue weighted by atomic mass is 32.2. The zero-order valence-corrected chi connectivity index (χ0v) is 16.6. The summed E-state index contributed by atoms with van der Waals surface area (Å²) in [6.45, 7) is 8.95. The van der Waals surface area contributed by atoms with Gasteiger partial charge in [-0.05, 0) is 18.8 Å². The van der Waals surface area contributed by atoms with E-state index in [2.05, 4.69) is 9.80 Å². The Hall–Kier alpha value is -0.750. The summed E-state index contributed by atoms with van der Waals surface area (Å²) in [5, 5.41) is 0. The van der Waals surface area contributed by atoms with Gasteiger partial charge in [0.2, 0.25) is 11.8 Å². The van der Waals surface area contributed by atoms with Crippen LogP contribution < -0.4 is 0 Å². The highest BCUT2D eigenvalue weighted by molar-refractivity contribution is 7.99. The summed E-state index contributed by atoms with van der Waals surface area (Å²) in [7, 11) is 0. The van der Waals surface area contributed by atoms with E-state index < -0.39 is 0 Å². The van der Waals surface area contributed by atoms with Crippen LogP contribution >= 0.6 is 11.8 Å². The van der Waals surface area contributed by atoms with Gasteiger partial charge in [0.05, 0.1) is 6.04 Å². The molecule has 0 spiro atoms. The summed E-state index contributed by atoms with van der Waals surface area (Å²) in [5.74, 6) is 3.31. The van der Waals surface area contributed by atoms with E-state index in [9.17, 15) is 9.59 Å². The minimum Gasteiger partial charge on any atom is -0.340 e. The summed E-state index contributed by atoms with van der Waals surface area (Å²) >= 11 is 1.95. The first-order valence-corrected chi connectivity index (χ1v) is 11.1. The van der Waals surface area contributed by atoms with E-state index in [-0.39, 0.29) is 17.9 Å². The van der Waals surface area contributed by atoms with Crippen molar-refractivity contribution in [2.75, 3.05) is 50.8 Å². The third kappa shape index (κ3) is 4.51. The smallest absolute Gasteiger partial charge is 0.240 e. The number of piperazine rings is 1. The van der Waals surface area contributed by atoms with Gasteiger partial charge in [-0.1, -0.05) is 26.7 Å². The average Bonchev–Trinajstić information content (AvgIpc) is 3.16. The third-order valence-corrected chi connectivity index (χ3v) is 6.88. The molecule has 2 amide bonds. The second-order valence-corrected chi connectivity index (χ2v) is 9.17. The minimum atomic E-state index is 0.0434. The molecule has 5 nitrogen and oxygen atoms in total. The van der Waals surface area contributed by atoms with Gasteiger partial charge in [-0.3, -0.25) is 14.5 Å². The standard InChI is InChI=1S/C19H33N3O2S/c1-15(2)18(23)21-9-7-20(8-10-21)17(16-5-3-4-6-16)19(24)22-11-13-25-14-12-22/h15-17H,3-14H2,1-2H3/t17-/m0/s1. The lowest BCUT2D eigenvalue weighted by molar-refractivity contribution is -0.142. The number of amides is 2. The summed E-state index contributed by atoms with van der Waals surface area (Å²) in [6, 6.07) is 0.0434. The van der Waals surface area contributed by atoms with Crippen LogP contribution in [-0.2, 0) is 9.59 Å². The van der Waals surface area contributed by atoms with E-state index in [4.69, 9.17) is 0 Å². The van der Waals surface area contributed by atoms with E-state index in [1.807, 2.05) is 30.5 Å². The van der Waals surface area contributed by atoms with Crippen LogP contribution in [0.4, 0.5) is 0 Å². The summed E-state index contributed by atoms with van der Waals surface area (Å²) < 4.78 is 0. The van der Waals surface area contributed by atoms with Crippen LogP contribution in [0.5, 0.6) is 0 Å². The first-order chi connectivity index (χ1) is 12.1. The van der Waals surface area contributed by atoms with Crippen molar-refractivity contribution in [2.24, 2.45) is 11.8 Å². The first kappa shape index (κ1) is 19.0. The summed E-state index contributed by atoms with van der Waals surface area (Å²) in [5.41, 5.74) is 0. The molecule has 2 heterocycles. The van der Waals surface area contributed by atoms with Crippen LogP contribution in [0.1, 0.15) is 39.5 Å². The van der Waals surface area contributed by atoms with Gasteiger partial charge in [-0.25, -0.2) is 0 Å². The molecule has 0 radical (unpaired) electrons. The average molecular weight is 368 g/mol. The largest absolute Gasteiger partial charge is 0.340 e. The van der Waals surface area contributed by atoms with Gasteiger partial charge in [-0.15, -0.1) is 0 Å². The van der Waals surface area contributed by atoms with Crippen molar-refractivity contribution in [2.45, 2.75) is 45.6 Å². The maximum Gasteiger partial charge on any atom is 0.240 e. The van der Waals surface area contributed by atoms with Crippen molar-refractivity contribution in [3.8, 4) is 0 Å². The number of nitrogens with zero attached hydrogens (tertiary/aromatic N) is 3. The molecule has 0 bridgehead atoms. The van der Waals surface area contributed by atoms with Crippen molar-refractivity contribution in [3.63, 3.8) is 0 Å². The molecule has 0 unspecified atom stereocenters. The maximum absolute atomic E-state index is 13.3. The highest BCUT2D eigenvalue weighted by Gasteiger charge is 2.39. The molecular weight excluding hydrogens is 334 g/mol. The molecule has 3 aliphatic rings. The van der Waals surface area contributed by atoms with Gasteiger partial charge >= 0.3 is 0 Å². The number of rotatable bonds is 4. The predicted octanol–water partition coefficient (Wildman–Crippen LogP) is 1.92. The van der Waals surface area contributed by atoms with Crippen LogP contribution in [0.3, 0.4) is 0 Å². The zero-order valence-electron chi connectivity index (χ0n) is 15.8. The Labute approximate surface area is 156 Å². The Bertz CT molecular complexity index is 465. The first-order valence-electron chi connectivity index (χ1n) is 9.97. The van der Waals surface area contributed by atoms with Crippen molar-refractivity contribution in [1.29, 1.82) is 0 Å². The van der Waals surface area contributed by atoms with Crippen LogP contribution in [-0.4, -0.2) is 83.3 Å². The van der Waals surface area contributed by atoms with Gasteiger partial charge in [-0.2, -0.15) is 11.8 Å². The number of thioether (sulfide) groups is 1. The summed E-state index contributed by atoms with van der Waals surface area (Å²) in [6.07, 6.45) is 4.89. The fourth-order valence-corrected chi connectivity index (χ4v) is 5.39. The van der Waals surface area contributed by atoms with Gasteiger partial charge in [0.15, 0.2) is 0 Å². The summed E-state index contributed by atoms with van der Waals surface area (Å²) in [4.78, 5) is 32.0. The van der Waals surface area contributed by atoms with E-state index in [0.717, 1.165) is 50.8 Å². The molecule has 6 heteroatoms. The van der Waals surface area contributed by atoms with E-state index >= 15 is 0 Å². The third-order valence-electron chi connectivity index (χ3n) is 5.94. The molecule has 0 aromatic heterocycles. The maximum atomic E-state index is 13.3. The molecule has 3 fully saturated rings. The lowest BCUT2D eigenvalue weighted by Gasteiger charge is -2.43. The Morgan fingerprint density at radius 3 is 1.96 bits per heavy atom. The molecular formula is C19H33N3O2S. The number of hydrogen-bond acceptors (Lipinski definition) is 4. The predicted molar refractivity (Wildman–Crippen MR) is 103 cm³/mol. The van der Waals surface area contributed by atoms with Crippen molar-refractivity contribution in [1.82, 2.24) is 14.7 Å². The second-order valence-electron chi connectivity index (χ2n) is 7.94. The number of hydrogen-bond donors (Lipinski definition) is 0. The lowest BCUT2D eigenvalue weighted by Crippen LogP contribution is -2.59. The molecule has 1 aliphatic carbocycles. The zero-order chi connectivity index (χ0) is 17.8. The van der Waals surface area contributed by atoms with Gasteiger partial charge in [0, 0.05) is 56.7 Å². The molecule has 142 valence electrons. The molecule has 1 saturated carbocycles. The minimum absolute atomic E-state index is 0.0434. The van der Waals surface area contributed by atoms with E-state index in [1.165, 1.54) is 25.7 Å². The highest BCUT2D eigenvalue weighted by Crippen LogP contribution is 2.32. The molecule has 0 N–H and O–H groups in total. The SMILES string of the molecule is CC(C)C(=O)N1CCN([C@H](C(=O)N2CCSCC2)C2CCCC2)CC1. The van der Waals surface area contributed by atoms with Gasteiger partial charge in [0.25, 0.3) is 0 Å².